The zero-order valence-corrected chi connectivity index (χ0v) is 11.7. The molecule has 4 fully saturated rings. The van der Waals surface area contributed by atoms with Crippen molar-refractivity contribution in [1.29, 1.82) is 0 Å². The molecular weight excluding hydrogens is 236 g/mol. The van der Waals surface area contributed by atoms with Crippen molar-refractivity contribution in [1.82, 2.24) is 14.8 Å². The summed E-state index contributed by atoms with van der Waals surface area (Å²) < 4.78 is 1.94. The molecule has 0 saturated heterocycles. The third-order valence-corrected chi connectivity index (χ3v) is 5.55. The number of nitrogens with zero attached hydrogens (tertiary/aromatic N) is 3. The van der Waals surface area contributed by atoms with Crippen molar-refractivity contribution < 1.29 is 0 Å². The van der Waals surface area contributed by atoms with Crippen LogP contribution in [0.1, 0.15) is 50.8 Å². The minimum atomic E-state index is 0.146. The number of hydrogen-bond donors (Lipinski definition) is 1. The molecular formula is C15H24N4. The monoisotopic (exact) mass is 260 g/mol. The van der Waals surface area contributed by atoms with Gasteiger partial charge < -0.3 is 5.73 Å². The van der Waals surface area contributed by atoms with Gasteiger partial charge in [-0.25, -0.2) is 4.98 Å². The molecule has 104 valence electrons. The molecule has 1 heterocycles. The lowest BCUT2D eigenvalue weighted by atomic mass is 9.52. The molecule has 2 N–H and O–H groups in total. The van der Waals surface area contributed by atoms with Gasteiger partial charge in [0.05, 0.1) is 6.54 Å². The topological polar surface area (TPSA) is 56.7 Å². The summed E-state index contributed by atoms with van der Waals surface area (Å²) in [6.07, 6.45) is 9.11. The first-order valence-electron chi connectivity index (χ1n) is 7.84. The highest BCUT2D eigenvalue weighted by molar-refractivity contribution is 5.09. The van der Waals surface area contributed by atoms with E-state index in [0.29, 0.717) is 5.92 Å². The van der Waals surface area contributed by atoms with Crippen LogP contribution in [0.3, 0.4) is 0 Å². The molecule has 1 aromatic rings. The minimum absolute atomic E-state index is 0.146. The van der Waals surface area contributed by atoms with E-state index in [2.05, 4.69) is 4.98 Å². The Bertz CT molecular complexity index is 436. The maximum absolute atomic E-state index is 5.84. The largest absolute Gasteiger partial charge is 0.326 e. The van der Waals surface area contributed by atoms with Gasteiger partial charge in [-0.15, -0.1) is 0 Å². The van der Waals surface area contributed by atoms with E-state index < -0.39 is 0 Å². The molecule has 1 aromatic heterocycles. The van der Waals surface area contributed by atoms with Crippen LogP contribution in [0.5, 0.6) is 0 Å². The van der Waals surface area contributed by atoms with Gasteiger partial charge in [-0.05, 0) is 62.7 Å². The Labute approximate surface area is 114 Å². The summed E-state index contributed by atoms with van der Waals surface area (Å²) in [5.41, 5.74) is 5.84. The van der Waals surface area contributed by atoms with Crippen molar-refractivity contribution in [2.24, 2.45) is 29.4 Å². The highest BCUT2D eigenvalue weighted by Crippen LogP contribution is 2.59. The number of rotatable bonds is 3. The molecule has 19 heavy (non-hydrogen) atoms. The molecule has 1 unspecified atom stereocenters. The summed E-state index contributed by atoms with van der Waals surface area (Å²) >= 11 is 0. The van der Waals surface area contributed by atoms with Crippen molar-refractivity contribution in [2.75, 3.05) is 0 Å². The van der Waals surface area contributed by atoms with Crippen molar-refractivity contribution in [3.63, 3.8) is 0 Å². The van der Waals surface area contributed by atoms with Gasteiger partial charge in [-0.3, -0.25) is 4.68 Å². The molecule has 0 aliphatic heterocycles. The van der Waals surface area contributed by atoms with Crippen LogP contribution in [0.4, 0.5) is 0 Å². The van der Waals surface area contributed by atoms with Gasteiger partial charge in [0, 0.05) is 12.0 Å². The lowest BCUT2D eigenvalue weighted by Crippen LogP contribution is -2.44. The fourth-order valence-corrected chi connectivity index (χ4v) is 5.19. The van der Waals surface area contributed by atoms with Crippen LogP contribution >= 0.6 is 0 Å². The van der Waals surface area contributed by atoms with Gasteiger partial charge in [0.25, 0.3) is 0 Å². The average molecular weight is 260 g/mol. The highest BCUT2D eigenvalue weighted by atomic mass is 15.3. The van der Waals surface area contributed by atoms with Crippen LogP contribution in [0, 0.1) is 23.7 Å². The lowest BCUT2D eigenvalue weighted by molar-refractivity contribution is -0.00569. The second kappa shape index (κ2) is 4.30. The smallest absolute Gasteiger partial charge is 0.154 e. The third-order valence-electron chi connectivity index (χ3n) is 5.55. The third kappa shape index (κ3) is 2.00. The summed E-state index contributed by atoms with van der Waals surface area (Å²) in [6.45, 7) is 2.80. The number of nitrogens with two attached hydrogens (primary N) is 1. The molecule has 1 atom stereocenters. The van der Waals surface area contributed by atoms with Gasteiger partial charge in [0.15, 0.2) is 5.82 Å². The molecule has 0 spiro atoms. The van der Waals surface area contributed by atoms with E-state index >= 15 is 0 Å². The summed E-state index contributed by atoms with van der Waals surface area (Å²) in [7, 11) is 0. The van der Waals surface area contributed by atoms with Crippen LogP contribution in [-0.4, -0.2) is 20.8 Å². The second-order valence-corrected chi connectivity index (χ2v) is 7.26. The van der Waals surface area contributed by atoms with Gasteiger partial charge in [0.1, 0.15) is 6.33 Å². The molecule has 0 radical (unpaired) electrons. The Hall–Kier alpha value is -0.900. The van der Waals surface area contributed by atoms with E-state index in [-0.39, 0.29) is 6.04 Å². The zero-order chi connectivity index (χ0) is 13.0. The first-order valence-corrected chi connectivity index (χ1v) is 7.84. The summed E-state index contributed by atoms with van der Waals surface area (Å²) in [6, 6.07) is 0.146. The first-order chi connectivity index (χ1) is 9.19. The fourth-order valence-electron chi connectivity index (χ4n) is 5.19. The van der Waals surface area contributed by atoms with Crippen LogP contribution in [0.2, 0.25) is 0 Å². The second-order valence-electron chi connectivity index (χ2n) is 7.26. The first kappa shape index (κ1) is 11.9. The molecule has 0 amide bonds. The van der Waals surface area contributed by atoms with Crippen molar-refractivity contribution >= 4 is 0 Å². The molecule has 0 aromatic carbocycles. The maximum atomic E-state index is 5.84. The van der Waals surface area contributed by atoms with Crippen molar-refractivity contribution in [2.45, 2.75) is 57.5 Å². The molecule has 4 heteroatoms. The average Bonchev–Trinajstić information content (AvgIpc) is 2.75. The zero-order valence-electron chi connectivity index (χ0n) is 11.7. The highest BCUT2D eigenvalue weighted by Gasteiger charge is 2.49. The number of hydrogen-bond acceptors (Lipinski definition) is 3. The van der Waals surface area contributed by atoms with E-state index in [1.807, 2.05) is 17.9 Å². The molecule has 4 saturated carbocycles. The van der Waals surface area contributed by atoms with Crippen LogP contribution in [-0.2, 0) is 6.54 Å². The van der Waals surface area contributed by atoms with E-state index in [0.717, 1.165) is 36.0 Å². The Kier molecular flexibility index (Phi) is 2.69. The Morgan fingerprint density at radius 1 is 1.21 bits per heavy atom. The summed E-state index contributed by atoms with van der Waals surface area (Å²) in [4.78, 5) is 4.61. The fraction of sp³-hybridized carbons (Fsp3) is 0.867. The van der Waals surface area contributed by atoms with Crippen LogP contribution < -0.4 is 5.73 Å². The van der Waals surface area contributed by atoms with E-state index in [4.69, 9.17) is 10.8 Å². The van der Waals surface area contributed by atoms with Crippen molar-refractivity contribution in [3.05, 3.63) is 12.2 Å². The molecule has 5 rings (SSSR count). The van der Waals surface area contributed by atoms with Gasteiger partial charge in [-0.1, -0.05) is 0 Å². The number of aromatic nitrogens is 3. The Morgan fingerprint density at radius 2 is 1.84 bits per heavy atom. The van der Waals surface area contributed by atoms with Gasteiger partial charge in [0.2, 0.25) is 0 Å². The van der Waals surface area contributed by atoms with Gasteiger partial charge in [-0.2, -0.15) is 5.10 Å². The molecule has 4 bridgehead atoms. The molecule has 4 nitrogen and oxygen atoms in total. The van der Waals surface area contributed by atoms with Crippen molar-refractivity contribution in [3.8, 4) is 0 Å². The van der Waals surface area contributed by atoms with E-state index in [1.165, 1.54) is 32.1 Å². The van der Waals surface area contributed by atoms with E-state index in [9.17, 15) is 0 Å². The predicted octanol–water partition coefficient (Wildman–Crippen LogP) is 2.17. The van der Waals surface area contributed by atoms with E-state index in [1.54, 1.807) is 0 Å². The van der Waals surface area contributed by atoms with Crippen LogP contribution in [0.15, 0.2) is 6.33 Å². The van der Waals surface area contributed by atoms with Gasteiger partial charge >= 0.3 is 0 Å². The molecule has 4 aliphatic carbocycles. The standard InChI is InChI=1S/C15H24N4/c1-9(16)7-19-8-17-15(18-19)14-12-3-10-2-11(5-12)6-13(14)4-10/h8-14H,2-7,16H2,1H3. The van der Waals surface area contributed by atoms with Crippen LogP contribution in [0.25, 0.3) is 0 Å². The normalized spacial score (nSPS) is 41.7. The summed E-state index contributed by atoms with van der Waals surface area (Å²) in [5.74, 6) is 5.51. The lowest BCUT2D eigenvalue weighted by Gasteiger charge is -2.53. The Morgan fingerprint density at radius 3 is 2.42 bits per heavy atom. The predicted molar refractivity (Wildman–Crippen MR) is 73.5 cm³/mol. The molecule has 4 aliphatic rings. The SMILES string of the molecule is CC(N)Cn1cnc(C2C3CC4CC(C3)CC2C4)n1. The quantitative estimate of drug-likeness (QED) is 0.906. The Balaban J connectivity index is 1.57. The minimum Gasteiger partial charge on any atom is -0.326 e. The summed E-state index contributed by atoms with van der Waals surface area (Å²) in [5, 5.41) is 4.72. The maximum Gasteiger partial charge on any atom is 0.154 e.